The molecular weight excluding hydrogens is 346 g/mol. The molecule has 0 bridgehead atoms. The summed E-state index contributed by atoms with van der Waals surface area (Å²) in [5.74, 6) is -0.996. The Morgan fingerprint density at radius 1 is 1.11 bits per heavy atom. The Hall–Kier alpha value is -3.09. The van der Waals surface area contributed by atoms with Gasteiger partial charge in [0.1, 0.15) is 5.69 Å². The van der Waals surface area contributed by atoms with Crippen LogP contribution in [-0.2, 0) is 16.0 Å². The summed E-state index contributed by atoms with van der Waals surface area (Å²) in [6.07, 6.45) is 1.35. The smallest absolute Gasteiger partial charge is 0.339 e. The summed E-state index contributed by atoms with van der Waals surface area (Å²) in [4.78, 5) is 39.3. The molecule has 0 fully saturated rings. The van der Waals surface area contributed by atoms with E-state index in [2.05, 4.69) is 15.6 Å². The molecule has 0 saturated carbocycles. The molecule has 0 unspecified atom stereocenters. The van der Waals surface area contributed by atoms with E-state index < -0.39 is 5.97 Å². The molecule has 0 aliphatic rings. The minimum atomic E-state index is -0.463. The second-order valence-corrected chi connectivity index (χ2v) is 6.33. The predicted molar refractivity (Wildman–Crippen MR) is 104 cm³/mol. The van der Waals surface area contributed by atoms with E-state index in [9.17, 15) is 14.4 Å². The van der Waals surface area contributed by atoms with E-state index in [1.807, 2.05) is 13.8 Å². The summed E-state index contributed by atoms with van der Waals surface area (Å²) in [6, 6.07) is 5.28. The van der Waals surface area contributed by atoms with Gasteiger partial charge in [0.2, 0.25) is 5.91 Å². The molecule has 2 aromatic rings. The lowest BCUT2D eigenvalue weighted by molar-refractivity contribution is -0.114. The molecule has 2 amide bonds. The average molecular weight is 371 g/mol. The van der Waals surface area contributed by atoms with E-state index in [1.54, 1.807) is 25.1 Å². The van der Waals surface area contributed by atoms with Crippen LogP contribution in [0.1, 0.15) is 57.9 Å². The number of aryl methyl sites for hydroxylation is 1. The van der Waals surface area contributed by atoms with E-state index in [1.165, 1.54) is 14.0 Å². The molecule has 0 spiro atoms. The van der Waals surface area contributed by atoms with E-state index in [0.717, 1.165) is 12.0 Å². The van der Waals surface area contributed by atoms with Gasteiger partial charge in [-0.05, 0) is 43.5 Å². The largest absolute Gasteiger partial charge is 0.465 e. The zero-order valence-corrected chi connectivity index (χ0v) is 16.3. The molecule has 144 valence electrons. The zero-order chi connectivity index (χ0) is 20.1. The lowest BCUT2D eigenvalue weighted by Gasteiger charge is -2.13. The number of amides is 2. The minimum Gasteiger partial charge on any atom is -0.465 e. The van der Waals surface area contributed by atoms with Crippen molar-refractivity contribution in [2.45, 2.75) is 40.5 Å². The summed E-state index contributed by atoms with van der Waals surface area (Å²) in [5.41, 5.74) is 3.96. The number of nitrogens with one attached hydrogen (secondary N) is 3. The average Bonchev–Trinajstić information content (AvgIpc) is 2.94. The van der Waals surface area contributed by atoms with Crippen molar-refractivity contribution in [1.82, 2.24) is 4.98 Å². The maximum Gasteiger partial charge on any atom is 0.339 e. The van der Waals surface area contributed by atoms with Gasteiger partial charge in [0.15, 0.2) is 0 Å². The Morgan fingerprint density at radius 2 is 1.74 bits per heavy atom. The van der Waals surface area contributed by atoms with Crippen LogP contribution in [0.5, 0.6) is 0 Å². The Morgan fingerprint density at radius 3 is 2.30 bits per heavy atom. The number of aromatic nitrogens is 1. The first-order valence-corrected chi connectivity index (χ1v) is 8.78. The van der Waals surface area contributed by atoms with Crippen molar-refractivity contribution in [2.24, 2.45) is 0 Å². The van der Waals surface area contributed by atoms with Gasteiger partial charge in [0, 0.05) is 24.0 Å². The van der Waals surface area contributed by atoms with E-state index in [-0.39, 0.29) is 11.8 Å². The summed E-state index contributed by atoms with van der Waals surface area (Å²) < 4.78 is 4.86. The molecule has 7 nitrogen and oxygen atoms in total. The van der Waals surface area contributed by atoms with Crippen LogP contribution >= 0.6 is 0 Å². The van der Waals surface area contributed by atoms with Gasteiger partial charge in [-0.2, -0.15) is 0 Å². The lowest BCUT2D eigenvalue weighted by Crippen LogP contribution is -2.17. The van der Waals surface area contributed by atoms with E-state index in [4.69, 9.17) is 4.74 Å². The first-order valence-electron chi connectivity index (χ1n) is 8.78. The number of hydrogen-bond donors (Lipinski definition) is 3. The molecule has 0 aliphatic carbocycles. The van der Waals surface area contributed by atoms with Gasteiger partial charge in [0.25, 0.3) is 5.91 Å². The molecule has 0 aliphatic heterocycles. The maximum atomic E-state index is 12.9. The van der Waals surface area contributed by atoms with Gasteiger partial charge in [-0.25, -0.2) is 4.79 Å². The van der Waals surface area contributed by atoms with Crippen molar-refractivity contribution in [3.05, 3.63) is 46.3 Å². The second-order valence-electron chi connectivity index (χ2n) is 6.33. The predicted octanol–water partition coefficient (Wildman–Crippen LogP) is 3.58. The first-order chi connectivity index (χ1) is 12.8. The molecule has 3 N–H and O–H groups in total. The Labute approximate surface area is 158 Å². The highest BCUT2D eigenvalue weighted by molar-refractivity contribution is 6.07. The number of ether oxygens (including phenoxy) is 1. The van der Waals surface area contributed by atoms with Crippen molar-refractivity contribution < 1.29 is 19.1 Å². The number of esters is 1. The van der Waals surface area contributed by atoms with Gasteiger partial charge in [0.05, 0.1) is 12.7 Å². The second kappa shape index (κ2) is 8.53. The molecule has 27 heavy (non-hydrogen) atoms. The molecule has 1 heterocycles. The standard InChI is InChI=1S/C20H25N3O4/c1-6-8-14-17(20(26)27-5)12(3)21-18(14)19(25)23-16-10-7-9-15(11(16)2)22-13(4)24/h7,9-10,21H,6,8H2,1-5H3,(H,22,24)(H,23,25). The van der Waals surface area contributed by atoms with E-state index in [0.29, 0.717) is 40.3 Å². The fourth-order valence-corrected chi connectivity index (χ4v) is 3.03. The topological polar surface area (TPSA) is 100 Å². The number of aromatic amines is 1. The van der Waals surface area contributed by atoms with Crippen molar-refractivity contribution in [2.75, 3.05) is 17.7 Å². The SMILES string of the molecule is CCCc1c(C(=O)Nc2cccc(NC(C)=O)c2C)[nH]c(C)c1C(=O)OC. The van der Waals surface area contributed by atoms with Crippen LogP contribution in [0.3, 0.4) is 0 Å². The number of carbonyl (C=O) groups excluding carboxylic acids is 3. The van der Waals surface area contributed by atoms with Crippen LogP contribution in [0.2, 0.25) is 0 Å². The van der Waals surface area contributed by atoms with Gasteiger partial charge >= 0.3 is 5.97 Å². The third-order valence-corrected chi connectivity index (χ3v) is 4.30. The monoisotopic (exact) mass is 371 g/mol. The van der Waals surface area contributed by atoms with Crippen molar-refractivity contribution in [3.63, 3.8) is 0 Å². The van der Waals surface area contributed by atoms with E-state index >= 15 is 0 Å². The highest BCUT2D eigenvalue weighted by Crippen LogP contribution is 2.26. The number of benzene rings is 1. The third-order valence-electron chi connectivity index (χ3n) is 4.30. The van der Waals surface area contributed by atoms with Gasteiger partial charge in [-0.1, -0.05) is 19.4 Å². The van der Waals surface area contributed by atoms with Crippen molar-refractivity contribution >= 4 is 29.2 Å². The highest BCUT2D eigenvalue weighted by Gasteiger charge is 2.25. The fourth-order valence-electron chi connectivity index (χ4n) is 3.03. The normalized spacial score (nSPS) is 10.4. The third kappa shape index (κ3) is 4.36. The molecule has 0 radical (unpaired) electrons. The van der Waals surface area contributed by atoms with Crippen LogP contribution in [0.25, 0.3) is 0 Å². The molecule has 2 rings (SSSR count). The number of methoxy groups -OCH3 is 1. The zero-order valence-electron chi connectivity index (χ0n) is 16.3. The van der Waals surface area contributed by atoms with Gasteiger partial charge in [-0.15, -0.1) is 0 Å². The number of rotatable bonds is 6. The number of H-pyrrole nitrogens is 1. The van der Waals surface area contributed by atoms with Crippen LogP contribution in [0.15, 0.2) is 18.2 Å². The summed E-state index contributed by atoms with van der Waals surface area (Å²) in [7, 11) is 1.32. The van der Waals surface area contributed by atoms with Crippen LogP contribution in [0, 0.1) is 13.8 Å². The van der Waals surface area contributed by atoms with Crippen LogP contribution < -0.4 is 10.6 Å². The van der Waals surface area contributed by atoms with Crippen LogP contribution in [0.4, 0.5) is 11.4 Å². The first kappa shape index (κ1) is 20.2. The number of hydrogen-bond acceptors (Lipinski definition) is 4. The molecule has 0 saturated heterocycles. The summed E-state index contributed by atoms with van der Waals surface area (Å²) in [5, 5.41) is 5.60. The molecule has 1 aromatic carbocycles. The minimum absolute atomic E-state index is 0.186. The number of carbonyl (C=O) groups is 3. The quantitative estimate of drug-likeness (QED) is 0.676. The number of anilines is 2. The maximum absolute atomic E-state index is 12.9. The molecule has 1 aromatic heterocycles. The van der Waals surface area contributed by atoms with Gasteiger partial charge in [-0.3, -0.25) is 9.59 Å². The Kier molecular flexibility index (Phi) is 6.39. The van der Waals surface area contributed by atoms with Crippen molar-refractivity contribution in [3.8, 4) is 0 Å². The molecule has 0 atom stereocenters. The van der Waals surface area contributed by atoms with Crippen molar-refractivity contribution in [1.29, 1.82) is 0 Å². The van der Waals surface area contributed by atoms with Gasteiger partial charge < -0.3 is 20.4 Å². The Balaban J connectivity index is 2.39. The molecule has 7 heteroatoms. The van der Waals surface area contributed by atoms with Crippen LogP contribution in [-0.4, -0.2) is 29.9 Å². The summed E-state index contributed by atoms with van der Waals surface area (Å²) >= 11 is 0. The molecular formula is C20H25N3O4. The Bertz CT molecular complexity index is 884. The summed E-state index contributed by atoms with van der Waals surface area (Å²) in [6.45, 7) is 6.96. The lowest BCUT2D eigenvalue weighted by atomic mass is 10.0. The highest BCUT2D eigenvalue weighted by atomic mass is 16.5. The fraction of sp³-hybridized carbons (Fsp3) is 0.350.